The number of rotatable bonds is 7. The lowest BCUT2D eigenvalue weighted by atomic mass is 10.1. The van der Waals surface area contributed by atoms with Gasteiger partial charge in [0.25, 0.3) is 15.9 Å². The molecule has 180 valence electrons. The van der Waals surface area contributed by atoms with E-state index in [4.69, 9.17) is 4.74 Å². The van der Waals surface area contributed by atoms with E-state index in [1.165, 1.54) is 47.4 Å². The van der Waals surface area contributed by atoms with Crippen molar-refractivity contribution in [2.75, 3.05) is 18.8 Å². The highest BCUT2D eigenvalue weighted by molar-refractivity contribution is 7.92. The number of fused-ring (bicyclic) bond motifs is 1. The van der Waals surface area contributed by atoms with Crippen LogP contribution in [0.5, 0.6) is 0 Å². The molecule has 0 aliphatic rings. The number of benzene rings is 3. The summed E-state index contributed by atoms with van der Waals surface area (Å²) in [6.07, 6.45) is -1.12. The molecule has 4 aromatic rings. The zero-order valence-electron chi connectivity index (χ0n) is 18.8. The van der Waals surface area contributed by atoms with Gasteiger partial charge < -0.3 is 19.6 Å². The molecule has 0 radical (unpaired) electrons. The van der Waals surface area contributed by atoms with E-state index in [-0.39, 0.29) is 16.1 Å². The van der Waals surface area contributed by atoms with Crippen LogP contribution in [0.15, 0.2) is 82.5 Å². The average molecular weight is 495 g/mol. The summed E-state index contributed by atoms with van der Waals surface area (Å²) in [5, 5.41) is 0. The molecule has 4 rings (SSSR count). The van der Waals surface area contributed by atoms with Gasteiger partial charge in [-0.1, -0.05) is 30.3 Å². The van der Waals surface area contributed by atoms with E-state index < -0.39 is 33.7 Å². The van der Waals surface area contributed by atoms with Crippen molar-refractivity contribution in [3.8, 4) is 0 Å². The Morgan fingerprint density at radius 3 is 2.23 bits per heavy atom. The third kappa shape index (κ3) is 5.25. The van der Waals surface area contributed by atoms with Gasteiger partial charge in [0.2, 0.25) is 6.10 Å². The van der Waals surface area contributed by atoms with Crippen molar-refractivity contribution >= 4 is 38.6 Å². The van der Waals surface area contributed by atoms with Crippen molar-refractivity contribution < 1.29 is 22.7 Å². The van der Waals surface area contributed by atoms with Crippen LogP contribution in [0.1, 0.15) is 22.0 Å². The molecule has 0 spiro atoms. The maximum Gasteiger partial charge on any atom is 0.339 e. The molecule has 0 aliphatic heterocycles. The molecule has 1 heterocycles. The number of nitrogens with zero attached hydrogens (tertiary/aromatic N) is 1. The van der Waals surface area contributed by atoms with Gasteiger partial charge in [-0.25, -0.2) is 18.0 Å². The molecule has 0 saturated carbocycles. The third-order valence-corrected chi connectivity index (χ3v) is 6.54. The summed E-state index contributed by atoms with van der Waals surface area (Å²) < 4.78 is 33.5. The van der Waals surface area contributed by atoms with E-state index in [9.17, 15) is 22.8 Å². The lowest BCUT2D eigenvalue weighted by Crippen LogP contribution is -2.31. The molecule has 1 unspecified atom stereocenters. The first-order valence-electron chi connectivity index (χ1n) is 10.5. The minimum atomic E-state index is -3.96. The van der Waals surface area contributed by atoms with Crippen molar-refractivity contribution in [2.24, 2.45) is 0 Å². The number of sulfonamides is 1. The highest BCUT2D eigenvalue weighted by Gasteiger charge is 2.27. The fourth-order valence-corrected chi connectivity index (χ4v) is 4.45. The summed E-state index contributed by atoms with van der Waals surface area (Å²) in [5.41, 5.74) is 1.30. The fourth-order valence-electron chi connectivity index (χ4n) is 3.37. The topological polar surface area (TPSA) is 141 Å². The van der Waals surface area contributed by atoms with E-state index >= 15 is 0 Å². The number of imidazole rings is 1. The predicted molar refractivity (Wildman–Crippen MR) is 129 cm³/mol. The van der Waals surface area contributed by atoms with Crippen molar-refractivity contribution in [1.29, 1.82) is 0 Å². The first-order valence-corrected chi connectivity index (χ1v) is 11.9. The Balaban J connectivity index is 1.50. The maximum atomic E-state index is 12.8. The second-order valence-electron chi connectivity index (χ2n) is 7.90. The van der Waals surface area contributed by atoms with Crippen LogP contribution in [0.25, 0.3) is 11.0 Å². The van der Waals surface area contributed by atoms with E-state index in [0.29, 0.717) is 16.6 Å². The second-order valence-corrected chi connectivity index (χ2v) is 9.58. The lowest BCUT2D eigenvalue weighted by Gasteiger charge is -2.21. The van der Waals surface area contributed by atoms with Crippen LogP contribution in [0.2, 0.25) is 0 Å². The number of anilines is 1. The molecule has 1 amide bonds. The third-order valence-electron chi connectivity index (χ3n) is 5.16. The number of amides is 1. The Morgan fingerprint density at radius 2 is 1.57 bits per heavy atom. The van der Waals surface area contributed by atoms with Crippen LogP contribution in [0.3, 0.4) is 0 Å². The van der Waals surface area contributed by atoms with E-state index in [2.05, 4.69) is 14.7 Å². The highest BCUT2D eigenvalue weighted by atomic mass is 32.2. The molecule has 11 heteroatoms. The Kier molecular flexibility index (Phi) is 6.43. The zero-order chi connectivity index (χ0) is 25.2. The number of aromatic nitrogens is 2. The molecule has 0 bridgehead atoms. The maximum absolute atomic E-state index is 12.8. The van der Waals surface area contributed by atoms with Gasteiger partial charge in [0.15, 0.2) is 0 Å². The van der Waals surface area contributed by atoms with Gasteiger partial charge >= 0.3 is 11.7 Å². The number of carbonyl (C=O) groups excluding carboxylic acids is 2. The highest BCUT2D eigenvalue weighted by Crippen LogP contribution is 2.23. The standard InChI is InChI=1S/C24H22N4O6S/c1-28(2)22(29)21(15-6-4-3-5-7-15)34-23(30)16-8-10-17(11-9-16)27-35(32,33)18-12-13-19-20(14-18)26-24(31)25-19/h3-14,21,27H,1-2H3,(H2,25,26,31). The second kappa shape index (κ2) is 9.47. The number of esters is 1. The first kappa shape index (κ1) is 23.8. The Labute approximate surface area is 200 Å². The molecule has 35 heavy (non-hydrogen) atoms. The number of hydrogen-bond acceptors (Lipinski definition) is 6. The Hall–Kier alpha value is -4.38. The van der Waals surface area contributed by atoms with Gasteiger partial charge in [-0.15, -0.1) is 0 Å². The number of nitrogens with one attached hydrogen (secondary N) is 3. The normalized spacial score (nSPS) is 12.2. The molecule has 10 nitrogen and oxygen atoms in total. The SMILES string of the molecule is CN(C)C(=O)C(OC(=O)c1ccc(NS(=O)(=O)c2ccc3[nH]c(=O)[nH]c3c2)cc1)c1ccccc1. The summed E-state index contributed by atoms with van der Waals surface area (Å²) in [6.45, 7) is 0. The summed E-state index contributed by atoms with van der Waals surface area (Å²) in [6, 6.07) is 18.5. The largest absolute Gasteiger partial charge is 0.444 e. The molecule has 1 aromatic heterocycles. The fraction of sp³-hybridized carbons (Fsp3) is 0.125. The number of likely N-dealkylation sites (N-methyl/N-ethyl adjacent to an activating group) is 1. The van der Waals surface area contributed by atoms with E-state index in [1.54, 1.807) is 44.4 Å². The predicted octanol–water partition coefficient (Wildman–Crippen LogP) is 2.64. The average Bonchev–Trinajstić information content (AvgIpc) is 3.22. The van der Waals surface area contributed by atoms with Crippen molar-refractivity contribution in [2.45, 2.75) is 11.0 Å². The van der Waals surface area contributed by atoms with Crippen LogP contribution in [-0.2, 0) is 19.6 Å². The Bertz CT molecular complexity index is 1540. The summed E-state index contributed by atoms with van der Waals surface area (Å²) in [4.78, 5) is 43.1. The molecule has 1 atom stereocenters. The van der Waals surface area contributed by atoms with Crippen molar-refractivity contribution in [3.63, 3.8) is 0 Å². The van der Waals surface area contributed by atoms with Crippen LogP contribution < -0.4 is 10.4 Å². The van der Waals surface area contributed by atoms with Crippen molar-refractivity contribution in [3.05, 3.63) is 94.4 Å². The lowest BCUT2D eigenvalue weighted by molar-refractivity contribution is -0.138. The molecule has 3 N–H and O–H groups in total. The van der Waals surface area contributed by atoms with Crippen LogP contribution in [-0.4, -0.2) is 49.3 Å². The number of H-pyrrole nitrogens is 2. The summed E-state index contributed by atoms with van der Waals surface area (Å²) >= 11 is 0. The number of carbonyl (C=O) groups is 2. The molecular formula is C24H22N4O6S. The number of aromatic amines is 2. The molecule has 0 saturated heterocycles. The monoisotopic (exact) mass is 494 g/mol. The van der Waals surface area contributed by atoms with Gasteiger partial charge in [-0.05, 0) is 42.5 Å². The quantitative estimate of drug-likeness (QED) is 0.337. The Morgan fingerprint density at radius 1 is 0.914 bits per heavy atom. The molecular weight excluding hydrogens is 472 g/mol. The number of ether oxygens (including phenoxy) is 1. The van der Waals surface area contributed by atoms with Crippen LogP contribution in [0.4, 0.5) is 5.69 Å². The first-order chi connectivity index (χ1) is 16.6. The summed E-state index contributed by atoms with van der Waals surface area (Å²) in [7, 11) is -0.821. The zero-order valence-corrected chi connectivity index (χ0v) is 19.6. The van der Waals surface area contributed by atoms with Gasteiger partial charge in [-0.3, -0.25) is 9.52 Å². The van der Waals surface area contributed by atoms with Gasteiger partial charge in [-0.2, -0.15) is 0 Å². The van der Waals surface area contributed by atoms with Crippen molar-refractivity contribution in [1.82, 2.24) is 14.9 Å². The van der Waals surface area contributed by atoms with E-state index in [0.717, 1.165) is 0 Å². The van der Waals surface area contributed by atoms with Gasteiger partial charge in [0.05, 0.1) is 21.5 Å². The van der Waals surface area contributed by atoms with Crippen LogP contribution in [0, 0.1) is 0 Å². The van der Waals surface area contributed by atoms with Gasteiger partial charge in [0.1, 0.15) is 0 Å². The minimum absolute atomic E-state index is 0.0448. The van der Waals surface area contributed by atoms with Gasteiger partial charge in [0, 0.05) is 25.3 Å². The smallest absolute Gasteiger partial charge is 0.339 e. The minimum Gasteiger partial charge on any atom is -0.444 e. The number of hydrogen-bond donors (Lipinski definition) is 3. The molecule has 3 aromatic carbocycles. The summed E-state index contributed by atoms with van der Waals surface area (Å²) in [5.74, 6) is -1.13. The van der Waals surface area contributed by atoms with Crippen LogP contribution >= 0.6 is 0 Å². The van der Waals surface area contributed by atoms with E-state index in [1.807, 2.05) is 0 Å². The molecule has 0 fully saturated rings. The molecule has 0 aliphatic carbocycles.